The van der Waals surface area contributed by atoms with Crippen LogP contribution in [0.15, 0.2) is 47.6 Å². The highest BCUT2D eigenvalue weighted by Crippen LogP contribution is 2.18. The molecule has 0 unspecified atom stereocenters. The molecule has 1 atom stereocenters. The Hall–Kier alpha value is -2.03. The molecule has 2 aromatic rings. The number of benzene rings is 1. The largest absolute Gasteiger partial charge is 0.474 e. The summed E-state index contributed by atoms with van der Waals surface area (Å²) in [6.07, 6.45) is 5.65. The van der Waals surface area contributed by atoms with Crippen LogP contribution in [0.5, 0.6) is 0 Å². The molecule has 0 radical (unpaired) electrons. The Balaban J connectivity index is 1.75. The maximum atomic E-state index is 5.84. The zero-order valence-electron chi connectivity index (χ0n) is 13.5. The lowest BCUT2D eigenvalue weighted by molar-refractivity contribution is 0.308. The molecule has 0 spiro atoms. The van der Waals surface area contributed by atoms with Crippen LogP contribution < -0.4 is 0 Å². The van der Waals surface area contributed by atoms with Crippen molar-refractivity contribution < 1.29 is 4.74 Å². The van der Waals surface area contributed by atoms with E-state index in [9.17, 15) is 0 Å². The van der Waals surface area contributed by atoms with Crippen LogP contribution in [0.1, 0.15) is 43.0 Å². The van der Waals surface area contributed by atoms with E-state index in [1.54, 1.807) is 0 Å². The molecular formula is C19H24N2O. The van der Waals surface area contributed by atoms with Crippen LogP contribution in [0.4, 0.5) is 0 Å². The lowest BCUT2D eigenvalue weighted by Crippen LogP contribution is -2.10. The van der Waals surface area contributed by atoms with Crippen LogP contribution in [0.25, 0.3) is 0 Å². The molecule has 0 saturated heterocycles. The number of rotatable bonds is 6. The Morgan fingerprint density at radius 3 is 3.00 bits per heavy atom. The van der Waals surface area contributed by atoms with Gasteiger partial charge in [-0.3, -0.25) is 0 Å². The number of unbranched alkanes of at least 4 members (excludes halogenated alkanes) is 1. The molecule has 1 aliphatic heterocycles. The Bertz CT molecular complexity index is 657. The monoisotopic (exact) mass is 296 g/mol. The van der Waals surface area contributed by atoms with E-state index in [1.807, 2.05) is 0 Å². The third-order valence-electron chi connectivity index (χ3n) is 4.09. The van der Waals surface area contributed by atoms with Crippen molar-refractivity contribution in [1.29, 1.82) is 0 Å². The molecule has 22 heavy (non-hydrogen) atoms. The normalized spacial score (nSPS) is 17.4. The lowest BCUT2D eigenvalue weighted by atomic mass is 10.1. The van der Waals surface area contributed by atoms with Gasteiger partial charge in [-0.2, -0.15) is 0 Å². The summed E-state index contributed by atoms with van der Waals surface area (Å²) >= 11 is 0. The molecule has 116 valence electrons. The Morgan fingerprint density at radius 2 is 2.18 bits per heavy atom. The van der Waals surface area contributed by atoms with Crippen molar-refractivity contribution in [3.63, 3.8) is 0 Å². The lowest BCUT2D eigenvalue weighted by Gasteiger charge is -2.09. The van der Waals surface area contributed by atoms with E-state index in [2.05, 4.69) is 61.0 Å². The average Bonchev–Trinajstić information content (AvgIpc) is 3.14. The molecule has 1 aromatic heterocycles. The minimum absolute atomic E-state index is 0.331. The number of hydrogen-bond acceptors (Lipinski definition) is 2. The summed E-state index contributed by atoms with van der Waals surface area (Å²) in [6, 6.07) is 13.1. The highest BCUT2D eigenvalue weighted by Gasteiger charge is 2.21. The van der Waals surface area contributed by atoms with Crippen molar-refractivity contribution in [3.05, 3.63) is 59.4 Å². The van der Waals surface area contributed by atoms with Gasteiger partial charge in [0.2, 0.25) is 5.90 Å². The van der Waals surface area contributed by atoms with Gasteiger partial charge in [0.05, 0.1) is 6.04 Å². The minimum Gasteiger partial charge on any atom is -0.474 e. The smallest absolute Gasteiger partial charge is 0.233 e. The molecule has 3 nitrogen and oxygen atoms in total. The van der Waals surface area contributed by atoms with Crippen LogP contribution in [-0.4, -0.2) is 23.1 Å². The molecule has 0 bridgehead atoms. The molecule has 3 heteroatoms. The summed E-state index contributed by atoms with van der Waals surface area (Å²) < 4.78 is 8.06. The van der Waals surface area contributed by atoms with E-state index in [1.165, 1.54) is 24.0 Å². The fourth-order valence-electron chi connectivity index (χ4n) is 2.90. The molecule has 0 saturated carbocycles. The third kappa shape index (κ3) is 3.41. The Kier molecular flexibility index (Phi) is 4.62. The quantitative estimate of drug-likeness (QED) is 0.785. The highest BCUT2D eigenvalue weighted by molar-refractivity contribution is 5.93. The molecule has 3 rings (SSSR count). The summed E-state index contributed by atoms with van der Waals surface area (Å²) in [4.78, 5) is 4.76. The molecule has 0 aliphatic carbocycles. The molecule has 0 fully saturated rings. The molecule has 2 heterocycles. The second kappa shape index (κ2) is 6.82. The van der Waals surface area contributed by atoms with Crippen molar-refractivity contribution in [1.82, 2.24) is 4.57 Å². The van der Waals surface area contributed by atoms with E-state index in [0.29, 0.717) is 6.04 Å². The molecule has 1 aliphatic rings. The van der Waals surface area contributed by atoms with Gasteiger partial charge >= 0.3 is 0 Å². The van der Waals surface area contributed by atoms with Crippen molar-refractivity contribution in [2.75, 3.05) is 6.61 Å². The second-order valence-corrected chi connectivity index (χ2v) is 6.05. The summed E-state index contributed by atoms with van der Waals surface area (Å²) in [5.41, 5.74) is 3.68. The van der Waals surface area contributed by atoms with Crippen LogP contribution >= 0.6 is 0 Å². The number of aromatic nitrogens is 1. The summed E-state index contributed by atoms with van der Waals surface area (Å²) in [7, 11) is 0. The molecule has 1 aromatic carbocycles. The highest BCUT2D eigenvalue weighted by atomic mass is 16.5. The molecule has 0 N–H and O–H groups in total. The number of hydrogen-bond donors (Lipinski definition) is 0. The summed E-state index contributed by atoms with van der Waals surface area (Å²) in [5, 5.41) is 0. The van der Waals surface area contributed by atoms with E-state index in [-0.39, 0.29) is 0 Å². The van der Waals surface area contributed by atoms with Crippen molar-refractivity contribution in [2.24, 2.45) is 4.99 Å². The fourth-order valence-corrected chi connectivity index (χ4v) is 2.90. The number of nitrogens with zero attached hydrogens (tertiary/aromatic N) is 2. The number of aliphatic imine (C=N–C) groups is 1. The van der Waals surface area contributed by atoms with Gasteiger partial charge in [0.25, 0.3) is 0 Å². The van der Waals surface area contributed by atoms with Crippen LogP contribution in [0.2, 0.25) is 0 Å². The number of aryl methyl sites for hydroxylation is 1. The molecule has 0 amide bonds. The average molecular weight is 296 g/mol. The second-order valence-electron chi connectivity index (χ2n) is 6.05. The van der Waals surface area contributed by atoms with Gasteiger partial charge in [0, 0.05) is 12.7 Å². The summed E-state index contributed by atoms with van der Waals surface area (Å²) in [5.74, 6) is 0.804. The van der Waals surface area contributed by atoms with Crippen molar-refractivity contribution >= 4 is 5.90 Å². The Morgan fingerprint density at radius 1 is 1.27 bits per heavy atom. The maximum Gasteiger partial charge on any atom is 0.233 e. The first-order valence-electron chi connectivity index (χ1n) is 8.18. The van der Waals surface area contributed by atoms with E-state index < -0.39 is 0 Å². The zero-order chi connectivity index (χ0) is 15.4. The van der Waals surface area contributed by atoms with Crippen LogP contribution in [0, 0.1) is 6.92 Å². The summed E-state index contributed by atoms with van der Waals surface area (Å²) in [6.45, 7) is 5.92. The standard InChI is InChI=1S/C19H24N2O/c1-3-4-9-17-14-22-19(20-17)18-10-6-11-21(18)13-16-8-5-7-15(2)12-16/h5-8,10-12,17H,3-4,9,13-14H2,1-2H3/t17-/m0/s1. The van der Waals surface area contributed by atoms with Gasteiger partial charge in [-0.15, -0.1) is 0 Å². The van der Waals surface area contributed by atoms with Gasteiger partial charge < -0.3 is 9.30 Å². The minimum atomic E-state index is 0.331. The van der Waals surface area contributed by atoms with Gasteiger partial charge in [-0.25, -0.2) is 4.99 Å². The van der Waals surface area contributed by atoms with E-state index in [4.69, 9.17) is 9.73 Å². The maximum absolute atomic E-state index is 5.84. The van der Waals surface area contributed by atoms with Crippen molar-refractivity contribution in [3.8, 4) is 0 Å². The zero-order valence-corrected chi connectivity index (χ0v) is 13.5. The SMILES string of the molecule is CCCC[C@H]1COC(c2cccn2Cc2cccc(C)c2)=N1. The van der Waals surface area contributed by atoms with E-state index in [0.717, 1.165) is 31.2 Å². The number of ether oxygens (including phenoxy) is 1. The predicted molar refractivity (Wildman–Crippen MR) is 90.5 cm³/mol. The third-order valence-corrected chi connectivity index (χ3v) is 4.09. The van der Waals surface area contributed by atoms with Gasteiger partial charge in [0.15, 0.2) is 0 Å². The first-order valence-corrected chi connectivity index (χ1v) is 8.18. The Labute approximate surface area is 132 Å². The predicted octanol–water partition coefficient (Wildman–Crippen LogP) is 4.18. The van der Waals surface area contributed by atoms with E-state index >= 15 is 0 Å². The van der Waals surface area contributed by atoms with Crippen molar-refractivity contribution in [2.45, 2.75) is 45.7 Å². The van der Waals surface area contributed by atoms with Crippen LogP contribution in [-0.2, 0) is 11.3 Å². The first kappa shape index (κ1) is 14.9. The van der Waals surface area contributed by atoms with Crippen LogP contribution in [0.3, 0.4) is 0 Å². The van der Waals surface area contributed by atoms with Gasteiger partial charge in [-0.05, 0) is 31.0 Å². The first-order chi connectivity index (χ1) is 10.8. The molecular weight excluding hydrogens is 272 g/mol. The topological polar surface area (TPSA) is 26.5 Å². The van der Waals surface area contributed by atoms with Gasteiger partial charge in [0.1, 0.15) is 12.3 Å². The fraction of sp³-hybridized carbons (Fsp3) is 0.421. The van der Waals surface area contributed by atoms with Gasteiger partial charge in [-0.1, -0.05) is 49.6 Å².